The highest BCUT2D eigenvalue weighted by Gasteiger charge is 2.30. The lowest BCUT2D eigenvalue weighted by atomic mass is 10.1. The Balaban J connectivity index is 0.00000300. The first kappa shape index (κ1) is 23.9. The van der Waals surface area contributed by atoms with E-state index in [4.69, 9.17) is 9.73 Å². The molecule has 0 bridgehead atoms. The molecule has 0 spiro atoms. The van der Waals surface area contributed by atoms with Gasteiger partial charge in [0, 0.05) is 45.9 Å². The van der Waals surface area contributed by atoms with Gasteiger partial charge in [-0.2, -0.15) is 0 Å². The topological polar surface area (TPSA) is 57.2 Å². The first-order valence-electron chi connectivity index (χ1n) is 10.6. The van der Waals surface area contributed by atoms with Crippen molar-refractivity contribution in [1.29, 1.82) is 0 Å². The number of nitrogens with zero attached hydrogens (tertiary/aromatic N) is 3. The molecule has 1 unspecified atom stereocenters. The fourth-order valence-electron chi connectivity index (χ4n) is 4.04. The van der Waals surface area contributed by atoms with E-state index < -0.39 is 0 Å². The van der Waals surface area contributed by atoms with Crippen molar-refractivity contribution in [3.8, 4) is 0 Å². The molecule has 162 valence electrons. The van der Waals surface area contributed by atoms with Gasteiger partial charge in [-0.3, -0.25) is 9.79 Å². The molecule has 0 saturated carbocycles. The molecule has 1 atom stereocenters. The summed E-state index contributed by atoms with van der Waals surface area (Å²) in [6.07, 6.45) is 2.58. The molecule has 7 heteroatoms. The lowest BCUT2D eigenvalue weighted by Gasteiger charge is -2.37. The minimum Gasteiger partial charge on any atom is -0.368 e. The molecule has 2 aliphatic heterocycles. The quantitative estimate of drug-likeness (QED) is 0.373. The van der Waals surface area contributed by atoms with Crippen molar-refractivity contribution >= 4 is 35.8 Å². The molecule has 0 radical (unpaired) electrons. The van der Waals surface area contributed by atoms with Gasteiger partial charge in [0.05, 0.1) is 0 Å². The fourth-order valence-corrected chi connectivity index (χ4v) is 4.04. The van der Waals surface area contributed by atoms with Gasteiger partial charge in [-0.15, -0.1) is 24.0 Å². The summed E-state index contributed by atoms with van der Waals surface area (Å²) in [4.78, 5) is 21.6. The average molecular weight is 514 g/mol. The molecule has 1 N–H and O–H groups in total. The largest absolute Gasteiger partial charge is 0.368 e. The molecule has 2 fully saturated rings. The van der Waals surface area contributed by atoms with Crippen LogP contribution in [-0.4, -0.2) is 73.6 Å². The molecule has 29 heavy (non-hydrogen) atoms. The zero-order chi connectivity index (χ0) is 19.9. The van der Waals surface area contributed by atoms with Gasteiger partial charge in [-0.1, -0.05) is 29.3 Å². The van der Waals surface area contributed by atoms with Crippen molar-refractivity contribution in [3.63, 3.8) is 0 Å². The highest BCUT2D eigenvalue weighted by atomic mass is 127. The number of benzene rings is 1. The molecule has 1 amide bonds. The Bertz CT molecular complexity index is 676. The normalized spacial score (nSPS) is 19.8. The second kappa shape index (κ2) is 11.7. The summed E-state index contributed by atoms with van der Waals surface area (Å²) in [6.45, 7) is 11.8. The first-order valence-corrected chi connectivity index (χ1v) is 10.6. The van der Waals surface area contributed by atoms with Crippen LogP contribution < -0.4 is 5.32 Å². The summed E-state index contributed by atoms with van der Waals surface area (Å²) in [5, 5.41) is 3.41. The van der Waals surface area contributed by atoms with Crippen LogP contribution in [0.15, 0.2) is 23.2 Å². The lowest BCUT2D eigenvalue weighted by Crippen LogP contribution is -2.55. The highest BCUT2D eigenvalue weighted by Crippen LogP contribution is 2.16. The summed E-state index contributed by atoms with van der Waals surface area (Å²) >= 11 is 0. The van der Waals surface area contributed by atoms with Crippen LogP contribution in [0.1, 0.15) is 36.5 Å². The van der Waals surface area contributed by atoms with Crippen molar-refractivity contribution < 1.29 is 9.53 Å². The number of aliphatic imine (C=N–C) groups is 1. The molecule has 0 aromatic heterocycles. The van der Waals surface area contributed by atoms with E-state index in [1.807, 2.05) is 4.90 Å². The van der Waals surface area contributed by atoms with Crippen LogP contribution >= 0.6 is 24.0 Å². The summed E-state index contributed by atoms with van der Waals surface area (Å²) in [7, 11) is 0. The summed E-state index contributed by atoms with van der Waals surface area (Å²) in [5.74, 6) is 1.12. The minimum atomic E-state index is -0.216. The molecular weight excluding hydrogens is 479 g/mol. The maximum atomic E-state index is 12.5. The van der Waals surface area contributed by atoms with Crippen LogP contribution in [0.4, 0.5) is 0 Å². The Morgan fingerprint density at radius 3 is 2.38 bits per heavy atom. The van der Waals surface area contributed by atoms with Crippen LogP contribution in [0.25, 0.3) is 0 Å². The van der Waals surface area contributed by atoms with Crippen LogP contribution in [0.2, 0.25) is 0 Å². The maximum Gasteiger partial charge on any atom is 0.251 e. The molecule has 1 aromatic rings. The number of guanidine groups is 1. The van der Waals surface area contributed by atoms with Gasteiger partial charge in [0.1, 0.15) is 6.10 Å². The number of hydrogen-bond acceptors (Lipinski definition) is 3. The number of piperazine rings is 1. The summed E-state index contributed by atoms with van der Waals surface area (Å²) < 4.78 is 5.55. The van der Waals surface area contributed by atoms with Crippen LogP contribution in [-0.2, 0) is 16.0 Å². The molecule has 2 aliphatic rings. The lowest BCUT2D eigenvalue weighted by molar-refractivity contribution is -0.142. The predicted molar refractivity (Wildman–Crippen MR) is 128 cm³/mol. The number of carbonyl (C=O) groups excluding carboxylic acids is 1. The molecular formula is C22H35IN4O2. The Kier molecular flexibility index (Phi) is 9.68. The molecule has 1 aromatic carbocycles. The van der Waals surface area contributed by atoms with Crippen LogP contribution in [0.5, 0.6) is 0 Å². The van der Waals surface area contributed by atoms with E-state index in [0.717, 1.165) is 64.5 Å². The molecule has 0 aliphatic carbocycles. The van der Waals surface area contributed by atoms with E-state index in [1.54, 1.807) is 0 Å². The second-order valence-corrected chi connectivity index (χ2v) is 7.80. The minimum absolute atomic E-state index is 0. The fraction of sp³-hybridized carbons (Fsp3) is 0.636. The molecule has 2 saturated heterocycles. The van der Waals surface area contributed by atoms with Crippen molar-refractivity contribution in [3.05, 3.63) is 34.9 Å². The molecule has 3 rings (SSSR count). The van der Waals surface area contributed by atoms with Crippen LogP contribution in [0.3, 0.4) is 0 Å². The number of halogens is 1. The zero-order valence-electron chi connectivity index (χ0n) is 17.9. The van der Waals surface area contributed by atoms with Gasteiger partial charge < -0.3 is 19.9 Å². The van der Waals surface area contributed by atoms with Gasteiger partial charge in [-0.25, -0.2) is 0 Å². The smallest absolute Gasteiger partial charge is 0.251 e. The number of amides is 1. The number of ether oxygens (including phenoxy) is 1. The monoisotopic (exact) mass is 514 g/mol. The summed E-state index contributed by atoms with van der Waals surface area (Å²) in [6, 6.07) is 6.68. The van der Waals surface area contributed by atoms with Gasteiger partial charge in [-0.05, 0) is 45.6 Å². The number of aryl methyl sites for hydroxylation is 2. The molecule has 2 heterocycles. The Hall–Kier alpha value is -1.35. The van der Waals surface area contributed by atoms with E-state index in [2.05, 4.69) is 49.2 Å². The third-order valence-electron chi connectivity index (χ3n) is 5.37. The summed E-state index contributed by atoms with van der Waals surface area (Å²) in [5.41, 5.74) is 3.94. The average Bonchev–Trinajstić information content (AvgIpc) is 3.21. The second-order valence-electron chi connectivity index (χ2n) is 7.80. The number of nitrogens with one attached hydrogen (secondary N) is 1. The highest BCUT2D eigenvalue weighted by molar-refractivity contribution is 14.0. The van der Waals surface area contributed by atoms with E-state index >= 15 is 0 Å². The van der Waals surface area contributed by atoms with Gasteiger partial charge in [0.15, 0.2) is 5.96 Å². The number of hydrogen-bond donors (Lipinski definition) is 1. The van der Waals surface area contributed by atoms with E-state index in [0.29, 0.717) is 6.61 Å². The van der Waals surface area contributed by atoms with Gasteiger partial charge in [0.2, 0.25) is 0 Å². The van der Waals surface area contributed by atoms with Crippen molar-refractivity contribution in [2.24, 2.45) is 4.99 Å². The van der Waals surface area contributed by atoms with Gasteiger partial charge >= 0.3 is 0 Å². The Labute approximate surface area is 192 Å². The molecule has 6 nitrogen and oxygen atoms in total. The van der Waals surface area contributed by atoms with Gasteiger partial charge in [0.25, 0.3) is 5.91 Å². The number of rotatable bonds is 5. The van der Waals surface area contributed by atoms with Crippen LogP contribution in [0, 0.1) is 13.8 Å². The maximum absolute atomic E-state index is 12.5. The van der Waals surface area contributed by atoms with Crippen molar-refractivity contribution in [1.82, 2.24) is 15.1 Å². The Morgan fingerprint density at radius 2 is 1.79 bits per heavy atom. The predicted octanol–water partition coefficient (Wildman–Crippen LogP) is 2.75. The number of carbonyl (C=O) groups is 1. The van der Waals surface area contributed by atoms with Crippen molar-refractivity contribution in [2.45, 2.75) is 46.1 Å². The third-order valence-corrected chi connectivity index (χ3v) is 5.37. The van der Waals surface area contributed by atoms with Crippen molar-refractivity contribution in [2.75, 3.05) is 45.9 Å². The first-order chi connectivity index (χ1) is 13.6. The standard InChI is InChI=1S/C22H34N4O2.HI/c1-4-23-22(24-8-7-19-15-17(2)14-18(3)16-19)26-11-9-25(10-12-26)21(27)20-6-5-13-28-20;/h14-16,20H,4-13H2,1-3H3,(H,23,24);1H. The van der Waals surface area contributed by atoms with E-state index in [9.17, 15) is 4.79 Å². The SMILES string of the molecule is CCNC(=NCCc1cc(C)cc(C)c1)N1CCN(C(=O)C2CCCO2)CC1.I. The third kappa shape index (κ3) is 6.84. The Morgan fingerprint density at radius 1 is 1.14 bits per heavy atom. The zero-order valence-corrected chi connectivity index (χ0v) is 20.3. The van der Waals surface area contributed by atoms with E-state index in [1.165, 1.54) is 16.7 Å². The van der Waals surface area contributed by atoms with E-state index in [-0.39, 0.29) is 36.0 Å².